The van der Waals surface area contributed by atoms with Gasteiger partial charge in [-0.25, -0.2) is 0 Å². The number of ketones is 1. The van der Waals surface area contributed by atoms with Gasteiger partial charge in [0.05, 0.1) is 5.60 Å². The quantitative estimate of drug-likeness (QED) is 0.449. The summed E-state index contributed by atoms with van der Waals surface area (Å²) < 4.78 is 10.7. The lowest BCUT2D eigenvalue weighted by atomic mass is 9.60. The second-order valence-corrected chi connectivity index (χ2v) is 8.75. The summed E-state index contributed by atoms with van der Waals surface area (Å²) in [5, 5.41) is 0. The zero-order valence-corrected chi connectivity index (χ0v) is 16.7. The highest BCUT2D eigenvalue weighted by atomic mass is 16.7. The van der Waals surface area contributed by atoms with Gasteiger partial charge < -0.3 is 9.47 Å². The van der Waals surface area contributed by atoms with E-state index in [-0.39, 0.29) is 23.7 Å². The minimum absolute atomic E-state index is 0.173. The maximum absolute atomic E-state index is 12.4. The van der Waals surface area contributed by atoms with Crippen LogP contribution in [-0.2, 0) is 14.3 Å². The summed E-state index contributed by atoms with van der Waals surface area (Å²) in [4.78, 5) is 12.4. The van der Waals surface area contributed by atoms with Crippen LogP contribution in [0, 0.1) is 29.1 Å². The molecule has 0 saturated heterocycles. The van der Waals surface area contributed by atoms with Gasteiger partial charge in [-0.2, -0.15) is 0 Å². The first-order chi connectivity index (χ1) is 11.7. The van der Waals surface area contributed by atoms with E-state index in [1.54, 1.807) is 7.11 Å². The van der Waals surface area contributed by atoms with Crippen molar-refractivity contribution < 1.29 is 14.3 Å². The summed E-state index contributed by atoms with van der Waals surface area (Å²) in [5.41, 5.74) is -0.189. The van der Waals surface area contributed by atoms with Crippen molar-refractivity contribution in [2.75, 3.05) is 13.9 Å². The predicted molar refractivity (Wildman–Crippen MR) is 102 cm³/mol. The fourth-order valence-corrected chi connectivity index (χ4v) is 5.17. The molecule has 2 rings (SSSR count). The molecule has 0 spiro atoms. The molecular formula is C22H36O3. The number of rotatable bonds is 8. The Morgan fingerprint density at radius 1 is 1.40 bits per heavy atom. The molecule has 0 aromatic rings. The van der Waals surface area contributed by atoms with Gasteiger partial charge in [0, 0.05) is 19.4 Å². The highest BCUT2D eigenvalue weighted by Crippen LogP contribution is 2.57. The smallest absolute Gasteiger partial charge is 0.147 e. The third-order valence-corrected chi connectivity index (χ3v) is 6.72. The van der Waals surface area contributed by atoms with E-state index in [2.05, 4.69) is 38.7 Å². The van der Waals surface area contributed by atoms with Crippen molar-refractivity contribution >= 4 is 5.78 Å². The molecule has 2 aliphatic carbocycles. The van der Waals surface area contributed by atoms with Gasteiger partial charge in [0.1, 0.15) is 12.6 Å². The summed E-state index contributed by atoms with van der Waals surface area (Å²) in [6.45, 7) is 13.1. The van der Waals surface area contributed by atoms with Gasteiger partial charge in [-0.15, -0.1) is 6.58 Å². The summed E-state index contributed by atoms with van der Waals surface area (Å²) in [6, 6.07) is 0. The normalized spacial score (nSPS) is 32.6. The summed E-state index contributed by atoms with van der Waals surface area (Å²) >= 11 is 0. The van der Waals surface area contributed by atoms with E-state index >= 15 is 0 Å². The average Bonchev–Trinajstić information content (AvgIpc) is 2.91. The van der Waals surface area contributed by atoms with Gasteiger partial charge in [0.15, 0.2) is 0 Å². The molecule has 0 unspecified atom stereocenters. The van der Waals surface area contributed by atoms with E-state index in [4.69, 9.17) is 9.47 Å². The van der Waals surface area contributed by atoms with Gasteiger partial charge in [-0.05, 0) is 62.7 Å². The van der Waals surface area contributed by atoms with E-state index in [1.807, 2.05) is 13.8 Å². The van der Waals surface area contributed by atoms with Crippen LogP contribution in [0.4, 0.5) is 0 Å². The second kappa shape index (κ2) is 8.18. The minimum atomic E-state index is -0.361. The Kier molecular flexibility index (Phi) is 6.67. The molecule has 2 aliphatic rings. The molecule has 5 atom stereocenters. The number of methoxy groups -OCH3 is 1. The fraction of sp³-hybridized carbons (Fsp3) is 0.773. The van der Waals surface area contributed by atoms with Crippen LogP contribution in [0.15, 0.2) is 24.8 Å². The largest absolute Gasteiger partial charge is 0.359 e. The predicted octanol–water partition coefficient (Wildman–Crippen LogP) is 5.17. The van der Waals surface area contributed by atoms with Gasteiger partial charge in [0.2, 0.25) is 0 Å². The van der Waals surface area contributed by atoms with Crippen molar-refractivity contribution in [1.29, 1.82) is 0 Å². The topological polar surface area (TPSA) is 35.5 Å². The Bertz CT molecular complexity index is 507. The molecule has 25 heavy (non-hydrogen) atoms. The number of fused-ring (bicyclic) bond motifs is 1. The Balaban J connectivity index is 2.10. The van der Waals surface area contributed by atoms with Crippen molar-refractivity contribution in [2.24, 2.45) is 29.1 Å². The van der Waals surface area contributed by atoms with Crippen LogP contribution in [0.5, 0.6) is 0 Å². The first-order valence-corrected chi connectivity index (χ1v) is 9.72. The molecule has 0 heterocycles. The van der Waals surface area contributed by atoms with Crippen molar-refractivity contribution in [3.8, 4) is 0 Å². The molecule has 3 nitrogen and oxygen atoms in total. The molecule has 0 N–H and O–H groups in total. The lowest BCUT2D eigenvalue weighted by Gasteiger charge is -2.43. The summed E-state index contributed by atoms with van der Waals surface area (Å²) in [7, 11) is 1.64. The van der Waals surface area contributed by atoms with Crippen LogP contribution in [0.1, 0.15) is 59.8 Å². The lowest BCUT2D eigenvalue weighted by molar-refractivity contribution is -0.130. The van der Waals surface area contributed by atoms with E-state index in [1.165, 1.54) is 6.42 Å². The SMILES string of the molecule is C=C[C@@H](/C=C/C(C)(C)OCOC)[C@@H](C)[C@H]1CC[C@H]2C(=O)CCC[C@]12C. The van der Waals surface area contributed by atoms with Gasteiger partial charge in [-0.3, -0.25) is 4.79 Å². The average molecular weight is 349 g/mol. The van der Waals surface area contributed by atoms with Crippen LogP contribution in [0.2, 0.25) is 0 Å². The Hall–Kier alpha value is -0.930. The molecule has 0 aromatic heterocycles. The molecule has 0 aromatic carbocycles. The van der Waals surface area contributed by atoms with Crippen LogP contribution >= 0.6 is 0 Å². The third-order valence-electron chi connectivity index (χ3n) is 6.72. The van der Waals surface area contributed by atoms with Crippen LogP contribution < -0.4 is 0 Å². The minimum Gasteiger partial charge on any atom is -0.359 e. The number of hydrogen-bond acceptors (Lipinski definition) is 3. The van der Waals surface area contributed by atoms with E-state index in [9.17, 15) is 4.79 Å². The highest BCUT2D eigenvalue weighted by Gasteiger charge is 2.52. The Morgan fingerprint density at radius 2 is 2.12 bits per heavy atom. The maximum Gasteiger partial charge on any atom is 0.147 e. The van der Waals surface area contributed by atoms with Crippen LogP contribution in [-0.4, -0.2) is 25.3 Å². The zero-order chi connectivity index (χ0) is 18.7. The van der Waals surface area contributed by atoms with Crippen LogP contribution in [0.3, 0.4) is 0 Å². The molecule has 2 saturated carbocycles. The molecule has 0 aliphatic heterocycles. The number of ether oxygens (including phenoxy) is 2. The van der Waals surface area contributed by atoms with Crippen LogP contribution in [0.25, 0.3) is 0 Å². The number of allylic oxidation sites excluding steroid dienone is 2. The Morgan fingerprint density at radius 3 is 2.76 bits per heavy atom. The highest BCUT2D eigenvalue weighted by molar-refractivity contribution is 5.83. The van der Waals surface area contributed by atoms with E-state index in [0.29, 0.717) is 23.5 Å². The van der Waals surface area contributed by atoms with Gasteiger partial charge in [-0.1, -0.05) is 32.1 Å². The van der Waals surface area contributed by atoms with E-state index < -0.39 is 0 Å². The number of carbonyl (C=O) groups excluding carboxylic acids is 1. The van der Waals surface area contributed by atoms with Crippen molar-refractivity contribution in [3.05, 3.63) is 24.8 Å². The summed E-state index contributed by atoms with van der Waals surface area (Å²) in [5.74, 6) is 2.14. The molecule has 0 amide bonds. The molecule has 2 fully saturated rings. The molecule has 0 radical (unpaired) electrons. The maximum atomic E-state index is 12.4. The lowest BCUT2D eigenvalue weighted by Crippen LogP contribution is -2.40. The molecule has 3 heteroatoms. The van der Waals surface area contributed by atoms with E-state index in [0.717, 1.165) is 25.7 Å². The van der Waals surface area contributed by atoms with Crippen molar-refractivity contribution in [2.45, 2.75) is 65.4 Å². The number of hydrogen-bond donors (Lipinski definition) is 0. The molecule has 142 valence electrons. The van der Waals surface area contributed by atoms with Gasteiger partial charge in [0.25, 0.3) is 0 Å². The Labute approximate surface area is 153 Å². The second-order valence-electron chi connectivity index (χ2n) is 8.75. The first-order valence-electron chi connectivity index (χ1n) is 9.72. The van der Waals surface area contributed by atoms with Crippen molar-refractivity contribution in [3.63, 3.8) is 0 Å². The fourth-order valence-electron chi connectivity index (χ4n) is 5.17. The monoisotopic (exact) mass is 348 g/mol. The van der Waals surface area contributed by atoms with Gasteiger partial charge >= 0.3 is 0 Å². The zero-order valence-electron chi connectivity index (χ0n) is 16.7. The molecular weight excluding hydrogens is 312 g/mol. The number of Topliss-reactive ketones (excluding diaryl/α,β-unsaturated/α-hetero) is 1. The standard InChI is InChI=1S/C22H36O3/c1-7-17(12-14-21(3,4)25-15-24-6)16(2)18-10-11-19-20(23)9-8-13-22(18,19)5/h7,12,14,16-19H,1,8-11,13,15H2,2-6H3/b14-12+/t16-,17+,18-,19+,22-/m1/s1. The molecule has 0 bridgehead atoms. The first kappa shape index (κ1) is 20.4. The summed E-state index contributed by atoms with van der Waals surface area (Å²) in [6.07, 6.45) is 11.7. The number of carbonyl (C=O) groups is 1. The third kappa shape index (κ3) is 4.43. The van der Waals surface area contributed by atoms with Crippen molar-refractivity contribution in [1.82, 2.24) is 0 Å².